The van der Waals surface area contributed by atoms with Gasteiger partial charge < -0.3 is 25.7 Å². The molecule has 0 bridgehead atoms. The maximum Gasteiger partial charge on any atom is 0.132 e. The lowest BCUT2D eigenvalue weighted by Crippen LogP contribution is -2.36. The molecule has 1 aliphatic heterocycles. The predicted octanol–water partition coefficient (Wildman–Crippen LogP) is 1.18. The van der Waals surface area contributed by atoms with Crippen LogP contribution in [0.2, 0.25) is 0 Å². The second-order valence-electron chi connectivity index (χ2n) is 6.99. The fourth-order valence-electron chi connectivity index (χ4n) is 3.41. The SMILES string of the molecule is N=C(c1cc(N2CCOCC2)ncn1)c1cc(-c2ccc(=N)n(CN)c2)ccc1N. The molecule has 0 unspecified atom stereocenters. The van der Waals surface area contributed by atoms with Gasteiger partial charge in [-0.3, -0.25) is 10.8 Å². The number of anilines is 2. The Morgan fingerprint density at radius 3 is 2.60 bits per heavy atom. The first-order valence-corrected chi connectivity index (χ1v) is 9.66. The van der Waals surface area contributed by atoms with Crippen LogP contribution in [0.15, 0.2) is 48.9 Å². The monoisotopic (exact) mass is 404 g/mol. The van der Waals surface area contributed by atoms with Crippen LogP contribution in [0.4, 0.5) is 11.5 Å². The highest BCUT2D eigenvalue weighted by atomic mass is 16.5. The summed E-state index contributed by atoms with van der Waals surface area (Å²) in [6.45, 7) is 3.05. The van der Waals surface area contributed by atoms with Crippen LogP contribution in [0, 0.1) is 10.8 Å². The first-order valence-electron chi connectivity index (χ1n) is 9.66. The van der Waals surface area contributed by atoms with Crippen molar-refractivity contribution in [2.45, 2.75) is 6.67 Å². The number of hydrogen-bond acceptors (Lipinski definition) is 8. The van der Waals surface area contributed by atoms with Gasteiger partial charge in [-0.25, -0.2) is 9.97 Å². The minimum absolute atomic E-state index is 0.218. The van der Waals surface area contributed by atoms with Gasteiger partial charge in [0, 0.05) is 36.6 Å². The third-order valence-corrected chi connectivity index (χ3v) is 5.12. The van der Waals surface area contributed by atoms with Crippen LogP contribution in [0.1, 0.15) is 11.3 Å². The van der Waals surface area contributed by atoms with Gasteiger partial charge in [0.15, 0.2) is 0 Å². The van der Waals surface area contributed by atoms with E-state index < -0.39 is 0 Å². The maximum atomic E-state index is 8.73. The number of pyridine rings is 1. The van der Waals surface area contributed by atoms with Crippen LogP contribution in [0.25, 0.3) is 11.1 Å². The molecule has 6 N–H and O–H groups in total. The molecule has 0 spiro atoms. The van der Waals surface area contributed by atoms with Crippen LogP contribution < -0.4 is 21.9 Å². The van der Waals surface area contributed by atoms with E-state index in [9.17, 15) is 0 Å². The molecule has 2 aromatic heterocycles. The molecule has 30 heavy (non-hydrogen) atoms. The Morgan fingerprint density at radius 1 is 1.07 bits per heavy atom. The number of morpholine rings is 1. The Kier molecular flexibility index (Phi) is 5.55. The van der Waals surface area contributed by atoms with Gasteiger partial charge in [-0.1, -0.05) is 6.07 Å². The second kappa shape index (κ2) is 8.44. The number of nitrogen functional groups attached to an aromatic ring is 1. The first-order chi connectivity index (χ1) is 14.6. The summed E-state index contributed by atoms with van der Waals surface area (Å²) in [5, 5.41) is 16.6. The van der Waals surface area contributed by atoms with Crippen LogP contribution in [0.3, 0.4) is 0 Å². The van der Waals surface area contributed by atoms with Gasteiger partial charge in [0.25, 0.3) is 0 Å². The summed E-state index contributed by atoms with van der Waals surface area (Å²) in [6, 6.07) is 10.9. The standard InChI is InChI=1S/C21H24N8O/c22-12-29-11-15(2-4-19(29)24)14-1-3-17(23)16(9-14)21(25)18-10-20(27-13-26-18)28-5-7-30-8-6-28/h1-4,9-11,13,24-25H,5-8,12,22-23H2. The summed E-state index contributed by atoms with van der Waals surface area (Å²) in [5.74, 6) is 0.776. The van der Waals surface area contributed by atoms with E-state index in [2.05, 4.69) is 14.9 Å². The zero-order valence-corrected chi connectivity index (χ0v) is 16.5. The molecule has 0 saturated carbocycles. The van der Waals surface area contributed by atoms with E-state index in [-0.39, 0.29) is 12.4 Å². The topological polar surface area (TPSA) is 143 Å². The van der Waals surface area contributed by atoms with Gasteiger partial charge in [-0.05, 0) is 35.4 Å². The molecule has 9 nitrogen and oxygen atoms in total. The van der Waals surface area contributed by atoms with E-state index in [1.54, 1.807) is 16.7 Å². The molecule has 1 aromatic carbocycles. The average Bonchev–Trinajstić information content (AvgIpc) is 2.80. The third kappa shape index (κ3) is 3.93. The van der Waals surface area contributed by atoms with Crippen LogP contribution in [0.5, 0.6) is 0 Å². The summed E-state index contributed by atoms with van der Waals surface area (Å²) in [4.78, 5) is 10.8. The number of benzene rings is 1. The first kappa shape index (κ1) is 19.7. The van der Waals surface area contributed by atoms with Gasteiger partial charge >= 0.3 is 0 Å². The maximum absolute atomic E-state index is 8.73. The van der Waals surface area contributed by atoms with Gasteiger partial charge in [-0.15, -0.1) is 0 Å². The van der Waals surface area contributed by atoms with E-state index in [1.807, 2.05) is 30.5 Å². The highest BCUT2D eigenvalue weighted by Gasteiger charge is 2.16. The summed E-state index contributed by atoms with van der Waals surface area (Å²) in [5.41, 5.74) is 15.9. The summed E-state index contributed by atoms with van der Waals surface area (Å²) in [6.07, 6.45) is 3.30. The van der Waals surface area contributed by atoms with E-state index >= 15 is 0 Å². The lowest BCUT2D eigenvalue weighted by Gasteiger charge is -2.27. The minimum atomic E-state index is 0.218. The second-order valence-corrected chi connectivity index (χ2v) is 6.99. The predicted molar refractivity (Wildman–Crippen MR) is 115 cm³/mol. The van der Waals surface area contributed by atoms with E-state index in [0.717, 1.165) is 30.0 Å². The highest BCUT2D eigenvalue weighted by Crippen LogP contribution is 2.25. The number of nitrogens with zero attached hydrogens (tertiary/aromatic N) is 4. The number of nitrogens with one attached hydrogen (secondary N) is 2. The quantitative estimate of drug-likeness (QED) is 0.371. The Bertz CT molecular complexity index is 1130. The highest BCUT2D eigenvalue weighted by molar-refractivity contribution is 6.13. The molecule has 154 valence electrons. The Balaban J connectivity index is 1.68. The van der Waals surface area contributed by atoms with Crippen molar-refractivity contribution in [3.8, 4) is 11.1 Å². The van der Waals surface area contributed by atoms with Crippen molar-refractivity contribution < 1.29 is 4.74 Å². The lowest BCUT2D eigenvalue weighted by molar-refractivity contribution is 0.122. The van der Waals surface area contributed by atoms with Crippen molar-refractivity contribution in [3.63, 3.8) is 0 Å². The molecule has 0 radical (unpaired) electrons. The molecule has 9 heteroatoms. The zero-order valence-electron chi connectivity index (χ0n) is 16.5. The average molecular weight is 404 g/mol. The van der Waals surface area contributed by atoms with Gasteiger partial charge in [0.1, 0.15) is 17.6 Å². The molecular formula is C21H24N8O. The molecule has 0 amide bonds. The molecular weight excluding hydrogens is 380 g/mol. The normalized spacial score (nSPS) is 14.0. The molecule has 0 aliphatic carbocycles. The van der Waals surface area contributed by atoms with Crippen molar-refractivity contribution in [3.05, 3.63) is 65.7 Å². The zero-order chi connectivity index (χ0) is 21.1. The van der Waals surface area contributed by atoms with Crippen LogP contribution in [-0.2, 0) is 11.4 Å². The molecule has 1 aliphatic rings. The van der Waals surface area contributed by atoms with E-state index in [0.29, 0.717) is 35.6 Å². The van der Waals surface area contributed by atoms with Gasteiger partial charge in [0.2, 0.25) is 0 Å². The van der Waals surface area contributed by atoms with Crippen LogP contribution in [-0.4, -0.2) is 46.6 Å². The number of nitrogens with two attached hydrogens (primary N) is 2. The number of ether oxygens (including phenoxy) is 1. The molecule has 3 heterocycles. The fraction of sp³-hybridized carbons (Fsp3) is 0.238. The largest absolute Gasteiger partial charge is 0.398 e. The fourth-order valence-corrected chi connectivity index (χ4v) is 3.41. The van der Waals surface area contributed by atoms with Crippen molar-refractivity contribution >= 4 is 17.2 Å². The summed E-state index contributed by atoms with van der Waals surface area (Å²) in [7, 11) is 0. The van der Waals surface area contributed by atoms with Gasteiger partial charge in [0.05, 0.1) is 31.3 Å². The molecule has 1 saturated heterocycles. The van der Waals surface area contributed by atoms with Crippen molar-refractivity contribution in [2.75, 3.05) is 36.9 Å². The Hall–Kier alpha value is -3.56. The third-order valence-electron chi connectivity index (χ3n) is 5.12. The lowest BCUT2D eigenvalue weighted by atomic mass is 9.99. The molecule has 4 rings (SSSR count). The van der Waals surface area contributed by atoms with Crippen molar-refractivity contribution in [1.29, 1.82) is 10.8 Å². The van der Waals surface area contributed by atoms with Crippen molar-refractivity contribution in [2.24, 2.45) is 5.73 Å². The Morgan fingerprint density at radius 2 is 1.83 bits per heavy atom. The molecule has 0 atom stereocenters. The Labute approximate surface area is 174 Å². The van der Waals surface area contributed by atoms with E-state index in [4.69, 9.17) is 27.0 Å². The molecule has 1 fully saturated rings. The minimum Gasteiger partial charge on any atom is -0.398 e. The number of rotatable bonds is 5. The summed E-state index contributed by atoms with van der Waals surface area (Å²) < 4.78 is 7.05. The molecule has 3 aromatic rings. The number of hydrogen-bond donors (Lipinski definition) is 4. The smallest absolute Gasteiger partial charge is 0.132 e. The number of aromatic nitrogens is 3. The van der Waals surface area contributed by atoms with Crippen LogP contribution >= 0.6 is 0 Å². The summed E-state index contributed by atoms with van der Waals surface area (Å²) >= 11 is 0. The van der Waals surface area contributed by atoms with Crippen molar-refractivity contribution in [1.82, 2.24) is 14.5 Å². The van der Waals surface area contributed by atoms with Gasteiger partial charge in [-0.2, -0.15) is 0 Å². The van der Waals surface area contributed by atoms with E-state index in [1.165, 1.54) is 6.33 Å².